The molecule has 0 saturated carbocycles. The van der Waals surface area contributed by atoms with Gasteiger partial charge >= 0.3 is 0 Å². The maximum absolute atomic E-state index is 4.33. The van der Waals surface area contributed by atoms with Gasteiger partial charge in [-0.2, -0.15) is 0 Å². The lowest BCUT2D eigenvalue weighted by molar-refractivity contribution is 1.14. The Bertz CT molecular complexity index is 242. The highest BCUT2D eigenvalue weighted by Crippen LogP contribution is 2.20. The molecule has 2 nitrogen and oxygen atoms in total. The third-order valence-corrected chi connectivity index (χ3v) is 4.11. The summed E-state index contributed by atoms with van der Waals surface area (Å²) in [6, 6.07) is 0. The molecule has 0 saturated heterocycles. The molecule has 16 heavy (non-hydrogen) atoms. The first-order valence-corrected chi connectivity index (χ1v) is 7.71. The monoisotopic (exact) mass is 256 g/mol. The summed E-state index contributed by atoms with van der Waals surface area (Å²) in [5.41, 5.74) is 2.02. The molecule has 0 atom stereocenters. The summed E-state index contributed by atoms with van der Waals surface area (Å²) >= 11 is 0. The van der Waals surface area contributed by atoms with Crippen LogP contribution in [0.5, 0.6) is 0 Å². The Morgan fingerprint density at radius 3 is 1.62 bits per heavy atom. The van der Waals surface area contributed by atoms with Crippen molar-refractivity contribution in [3.05, 3.63) is 25.3 Å². The fourth-order valence-electron chi connectivity index (χ4n) is 0.765. The van der Waals surface area contributed by atoms with Crippen molar-refractivity contribution in [2.24, 2.45) is 9.98 Å². The topological polar surface area (TPSA) is 24.7 Å². The molecule has 4 heteroatoms. The highest BCUT2D eigenvalue weighted by Gasteiger charge is 1.90. The predicted octanol–water partition coefficient (Wildman–Crippen LogP) is 3.66. The van der Waals surface area contributed by atoms with Crippen LogP contribution < -0.4 is 0 Å². The Balaban J connectivity index is 3.35. The van der Waals surface area contributed by atoms with E-state index in [4.69, 9.17) is 0 Å². The van der Waals surface area contributed by atoms with Crippen LogP contribution in [0, 0.1) is 0 Å². The number of nitrogens with zero attached hydrogens (tertiary/aromatic N) is 2. The lowest BCUT2D eigenvalue weighted by Gasteiger charge is -1.98. The van der Waals surface area contributed by atoms with Crippen LogP contribution in [0.1, 0.15) is 13.8 Å². The van der Waals surface area contributed by atoms with Crippen LogP contribution in [0.25, 0.3) is 0 Å². The van der Waals surface area contributed by atoms with Gasteiger partial charge in [-0.05, 0) is 26.0 Å². The van der Waals surface area contributed by atoms with Crippen molar-refractivity contribution in [1.29, 1.82) is 0 Å². The van der Waals surface area contributed by atoms with Crippen molar-refractivity contribution < 1.29 is 0 Å². The molecule has 0 fully saturated rings. The van der Waals surface area contributed by atoms with Gasteiger partial charge in [-0.25, -0.2) is 0 Å². The Morgan fingerprint density at radius 2 is 1.31 bits per heavy atom. The highest BCUT2D eigenvalue weighted by atomic mass is 33.1. The third kappa shape index (κ3) is 10.1. The van der Waals surface area contributed by atoms with Crippen molar-refractivity contribution in [2.45, 2.75) is 13.8 Å². The van der Waals surface area contributed by atoms with Crippen LogP contribution in [0.15, 0.2) is 35.3 Å². The summed E-state index contributed by atoms with van der Waals surface area (Å²) in [5.74, 6) is 2.08. The standard InChI is InChI=1S/C12H20N2S2/c1-5-11(3)13-7-9-15-16-10-8-14-12(4)6-2/h5-6H,1-2,7-10H2,3-4H3. The number of allylic oxidation sites excluding steroid dienone is 2. The van der Waals surface area contributed by atoms with Gasteiger partial charge in [0.2, 0.25) is 0 Å². The van der Waals surface area contributed by atoms with E-state index in [0.717, 1.165) is 36.0 Å². The molecule has 0 aliphatic rings. The third-order valence-electron chi connectivity index (χ3n) is 1.75. The van der Waals surface area contributed by atoms with Crippen molar-refractivity contribution in [3.63, 3.8) is 0 Å². The van der Waals surface area contributed by atoms with Crippen LogP contribution >= 0.6 is 21.6 Å². The van der Waals surface area contributed by atoms with Gasteiger partial charge in [0, 0.05) is 36.0 Å². The lowest BCUT2D eigenvalue weighted by atomic mass is 10.4. The Morgan fingerprint density at radius 1 is 0.938 bits per heavy atom. The molecule has 0 radical (unpaired) electrons. The van der Waals surface area contributed by atoms with Crippen LogP contribution in [0.2, 0.25) is 0 Å². The average molecular weight is 256 g/mol. The van der Waals surface area contributed by atoms with Gasteiger partial charge in [0.25, 0.3) is 0 Å². The molecule has 0 aliphatic heterocycles. The van der Waals surface area contributed by atoms with Crippen LogP contribution in [-0.4, -0.2) is 36.0 Å². The van der Waals surface area contributed by atoms with E-state index in [1.807, 2.05) is 35.4 Å². The molecular weight excluding hydrogens is 236 g/mol. The molecule has 0 amide bonds. The number of rotatable bonds is 9. The summed E-state index contributed by atoms with van der Waals surface area (Å²) in [4.78, 5) is 8.65. The number of aliphatic imine (C=N–C) groups is 2. The second kappa shape index (κ2) is 11.0. The van der Waals surface area contributed by atoms with E-state index < -0.39 is 0 Å². The summed E-state index contributed by atoms with van der Waals surface area (Å²) in [6.07, 6.45) is 3.56. The smallest absolute Gasteiger partial charge is 0.0491 e. The minimum atomic E-state index is 0.866. The largest absolute Gasteiger partial charge is 0.289 e. The minimum absolute atomic E-state index is 0.866. The molecule has 0 unspecified atom stereocenters. The maximum atomic E-state index is 4.33. The van der Waals surface area contributed by atoms with Gasteiger partial charge in [0.1, 0.15) is 0 Å². The minimum Gasteiger partial charge on any atom is -0.289 e. The molecule has 90 valence electrons. The Kier molecular flexibility index (Phi) is 10.7. The molecule has 0 aromatic rings. The van der Waals surface area contributed by atoms with E-state index >= 15 is 0 Å². The summed E-state index contributed by atoms with van der Waals surface area (Å²) in [5, 5.41) is 0. The fraction of sp³-hybridized carbons (Fsp3) is 0.500. The maximum Gasteiger partial charge on any atom is 0.0491 e. The van der Waals surface area contributed by atoms with Crippen molar-refractivity contribution in [1.82, 2.24) is 0 Å². The zero-order chi connectivity index (χ0) is 12.2. The quantitative estimate of drug-likeness (QED) is 0.357. The second-order valence-corrected chi connectivity index (χ2v) is 5.80. The summed E-state index contributed by atoms with van der Waals surface area (Å²) in [6.45, 7) is 13.0. The molecular formula is C12H20N2S2. The zero-order valence-electron chi connectivity index (χ0n) is 10.1. The summed E-state index contributed by atoms with van der Waals surface area (Å²) < 4.78 is 0. The molecule has 0 spiro atoms. The fourth-order valence-corrected chi connectivity index (χ4v) is 2.49. The van der Waals surface area contributed by atoms with E-state index in [9.17, 15) is 0 Å². The van der Waals surface area contributed by atoms with Crippen LogP contribution in [0.4, 0.5) is 0 Å². The lowest BCUT2D eigenvalue weighted by Crippen LogP contribution is -1.92. The van der Waals surface area contributed by atoms with Gasteiger partial charge < -0.3 is 0 Å². The molecule has 0 aromatic carbocycles. The number of hydrogen-bond donors (Lipinski definition) is 0. The second-order valence-electron chi connectivity index (χ2n) is 3.10. The van der Waals surface area contributed by atoms with E-state index in [1.165, 1.54) is 0 Å². The molecule has 0 aromatic heterocycles. The SMILES string of the molecule is C=CC(C)=NCCSSCCN=C(C)C=C. The highest BCUT2D eigenvalue weighted by molar-refractivity contribution is 8.76. The first-order chi connectivity index (χ1) is 7.70. The van der Waals surface area contributed by atoms with Gasteiger partial charge in [0.05, 0.1) is 0 Å². The Labute approximate surface area is 107 Å². The van der Waals surface area contributed by atoms with E-state index in [2.05, 4.69) is 23.1 Å². The predicted molar refractivity (Wildman–Crippen MR) is 81.3 cm³/mol. The van der Waals surface area contributed by atoms with E-state index in [-0.39, 0.29) is 0 Å². The number of hydrogen-bond acceptors (Lipinski definition) is 4. The Hall–Kier alpha value is -0.480. The first kappa shape index (κ1) is 15.5. The molecule has 0 bridgehead atoms. The van der Waals surface area contributed by atoms with Crippen molar-refractivity contribution in [2.75, 3.05) is 24.6 Å². The van der Waals surface area contributed by atoms with E-state index in [1.54, 1.807) is 12.2 Å². The molecule has 0 aliphatic carbocycles. The van der Waals surface area contributed by atoms with Gasteiger partial charge in [-0.3, -0.25) is 9.98 Å². The van der Waals surface area contributed by atoms with Crippen molar-refractivity contribution in [3.8, 4) is 0 Å². The first-order valence-electron chi connectivity index (χ1n) is 5.22. The molecule has 0 heterocycles. The van der Waals surface area contributed by atoms with Gasteiger partial charge in [0.15, 0.2) is 0 Å². The molecule has 0 rings (SSSR count). The van der Waals surface area contributed by atoms with Gasteiger partial charge in [-0.15, -0.1) is 0 Å². The van der Waals surface area contributed by atoms with Crippen molar-refractivity contribution >= 4 is 33.0 Å². The summed E-state index contributed by atoms with van der Waals surface area (Å²) in [7, 11) is 3.69. The van der Waals surface area contributed by atoms with Gasteiger partial charge in [-0.1, -0.05) is 34.7 Å². The molecule has 0 N–H and O–H groups in total. The van der Waals surface area contributed by atoms with E-state index in [0.29, 0.717) is 0 Å². The average Bonchev–Trinajstić information content (AvgIpc) is 2.31. The van der Waals surface area contributed by atoms with Crippen LogP contribution in [0.3, 0.4) is 0 Å². The van der Waals surface area contributed by atoms with Crippen LogP contribution in [-0.2, 0) is 0 Å². The normalized spacial score (nSPS) is 12.6. The zero-order valence-corrected chi connectivity index (χ0v) is 11.7.